The van der Waals surface area contributed by atoms with Gasteiger partial charge in [0.2, 0.25) is 0 Å². The van der Waals surface area contributed by atoms with Gasteiger partial charge in [-0.3, -0.25) is 9.69 Å². The Kier molecular flexibility index (Phi) is 7.29. The lowest BCUT2D eigenvalue weighted by molar-refractivity contribution is 0.0375. The fourth-order valence-electron chi connectivity index (χ4n) is 5.96. The lowest BCUT2D eigenvalue weighted by Gasteiger charge is -2.36. The van der Waals surface area contributed by atoms with Gasteiger partial charge in [-0.2, -0.15) is 0 Å². The van der Waals surface area contributed by atoms with Crippen LogP contribution in [-0.4, -0.2) is 49.3 Å². The molecule has 0 amide bonds. The summed E-state index contributed by atoms with van der Waals surface area (Å²) in [5, 5.41) is 14.2. The van der Waals surface area contributed by atoms with Crippen molar-refractivity contribution in [3.05, 3.63) is 51.6 Å². The van der Waals surface area contributed by atoms with Gasteiger partial charge in [0.1, 0.15) is 0 Å². The monoisotopic (exact) mass is 478 g/mol. The number of hydrogen-bond donors (Lipinski definition) is 1. The molecule has 1 N–H and O–H groups in total. The number of ether oxygens (including phenoxy) is 1. The van der Waals surface area contributed by atoms with Gasteiger partial charge in [-0.1, -0.05) is 51.3 Å². The highest BCUT2D eigenvalue weighted by Crippen LogP contribution is 2.34. The number of aryl methyl sites for hydroxylation is 1. The molecule has 8 heteroatoms. The van der Waals surface area contributed by atoms with Crippen LogP contribution >= 0.6 is 0 Å². The normalized spacial score (nSPS) is 20.3. The molecule has 1 saturated carbocycles. The largest absolute Gasteiger partial charge is 0.377 e. The lowest BCUT2D eigenvalue weighted by atomic mass is 9.94. The van der Waals surface area contributed by atoms with Crippen molar-refractivity contribution >= 4 is 10.9 Å². The van der Waals surface area contributed by atoms with Crippen LogP contribution in [-0.2, 0) is 11.3 Å². The molecule has 0 bridgehead atoms. The number of hydrogen-bond acceptors (Lipinski definition) is 6. The number of benzene rings is 1. The van der Waals surface area contributed by atoms with Crippen molar-refractivity contribution in [1.82, 2.24) is 30.1 Å². The molecule has 5 rings (SSSR count). The zero-order chi connectivity index (χ0) is 24.4. The molecule has 8 nitrogen and oxygen atoms in total. The molecule has 0 radical (unpaired) electrons. The van der Waals surface area contributed by atoms with Crippen LogP contribution in [0.25, 0.3) is 10.9 Å². The predicted octanol–water partition coefficient (Wildman–Crippen LogP) is 4.71. The molecule has 2 fully saturated rings. The molecule has 1 aromatic carbocycles. The van der Waals surface area contributed by atoms with Gasteiger partial charge in [-0.05, 0) is 66.0 Å². The number of rotatable bonds is 8. The average molecular weight is 479 g/mol. The average Bonchev–Trinajstić information content (AvgIpc) is 3.53. The molecule has 1 aliphatic carbocycles. The van der Waals surface area contributed by atoms with Gasteiger partial charge >= 0.3 is 0 Å². The van der Waals surface area contributed by atoms with Crippen molar-refractivity contribution in [2.75, 3.05) is 13.2 Å². The van der Waals surface area contributed by atoms with E-state index in [1.807, 2.05) is 25.1 Å². The van der Waals surface area contributed by atoms with E-state index in [9.17, 15) is 4.79 Å². The Bertz CT molecular complexity index is 1190. The van der Waals surface area contributed by atoms with E-state index >= 15 is 0 Å². The van der Waals surface area contributed by atoms with E-state index in [4.69, 9.17) is 4.74 Å². The number of H-pyrrole nitrogens is 1. The molecule has 35 heavy (non-hydrogen) atoms. The van der Waals surface area contributed by atoms with E-state index in [2.05, 4.69) is 50.0 Å². The van der Waals surface area contributed by atoms with E-state index in [0.717, 1.165) is 66.7 Å². The molecule has 0 spiro atoms. The first kappa shape index (κ1) is 24.1. The molecule has 2 aromatic heterocycles. The summed E-state index contributed by atoms with van der Waals surface area (Å²) in [7, 11) is 0. The first-order chi connectivity index (χ1) is 17.0. The molecule has 188 valence electrons. The molecule has 3 aromatic rings. The number of tetrazole rings is 1. The summed E-state index contributed by atoms with van der Waals surface area (Å²) in [6.07, 6.45) is 8.27. The standard InChI is InChI=1S/C27H38N6O2/c1-18(2)25(26-29-30-31-33(26)22-11-5-4-6-12-22)32(17-23-13-8-14-35-23)16-21-15-20-10-7-9-19(3)24(20)28-27(21)34/h7,9-10,15,18,22-23,25H,4-6,8,11-14,16-17H2,1-3H3,(H,28,34)/t23-,25+/m0/s1. The second-order valence-electron chi connectivity index (χ2n) is 10.7. The van der Waals surface area contributed by atoms with Crippen LogP contribution in [0.15, 0.2) is 29.1 Å². The molecular weight excluding hydrogens is 440 g/mol. The highest BCUT2D eigenvalue weighted by Gasteiger charge is 2.34. The van der Waals surface area contributed by atoms with Gasteiger partial charge in [0.05, 0.1) is 23.7 Å². The highest BCUT2D eigenvalue weighted by molar-refractivity contribution is 5.81. The Hall–Kier alpha value is -2.58. The smallest absolute Gasteiger partial charge is 0.252 e. The zero-order valence-corrected chi connectivity index (χ0v) is 21.2. The third-order valence-electron chi connectivity index (χ3n) is 7.73. The summed E-state index contributed by atoms with van der Waals surface area (Å²) in [4.78, 5) is 18.7. The molecule has 2 atom stereocenters. The van der Waals surface area contributed by atoms with Crippen molar-refractivity contribution < 1.29 is 4.74 Å². The minimum Gasteiger partial charge on any atom is -0.377 e. The zero-order valence-electron chi connectivity index (χ0n) is 21.2. The molecule has 0 unspecified atom stereocenters. The van der Waals surface area contributed by atoms with Crippen molar-refractivity contribution in [3.8, 4) is 0 Å². The second kappa shape index (κ2) is 10.6. The lowest BCUT2D eigenvalue weighted by Crippen LogP contribution is -2.40. The van der Waals surface area contributed by atoms with Crippen LogP contribution in [0.5, 0.6) is 0 Å². The summed E-state index contributed by atoms with van der Waals surface area (Å²) in [6.45, 7) is 8.56. The number of aromatic nitrogens is 5. The number of fused-ring (bicyclic) bond motifs is 1. The van der Waals surface area contributed by atoms with Crippen LogP contribution in [0.4, 0.5) is 0 Å². The number of pyridine rings is 1. The van der Waals surface area contributed by atoms with E-state index in [-0.39, 0.29) is 23.6 Å². The van der Waals surface area contributed by atoms with E-state index in [1.165, 1.54) is 19.3 Å². The summed E-state index contributed by atoms with van der Waals surface area (Å²) >= 11 is 0. The first-order valence-electron chi connectivity index (χ1n) is 13.3. The van der Waals surface area contributed by atoms with Gasteiger partial charge in [0, 0.05) is 25.3 Å². The summed E-state index contributed by atoms with van der Waals surface area (Å²) in [5.74, 6) is 1.18. The quantitative estimate of drug-likeness (QED) is 0.505. The number of para-hydroxylation sites is 1. The van der Waals surface area contributed by atoms with E-state index in [1.54, 1.807) is 0 Å². The molecular formula is C27H38N6O2. The van der Waals surface area contributed by atoms with Gasteiger partial charge in [0.15, 0.2) is 5.82 Å². The van der Waals surface area contributed by atoms with Crippen molar-refractivity contribution in [1.29, 1.82) is 0 Å². The van der Waals surface area contributed by atoms with Crippen LogP contribution in [0.3, 0.4) is 0 Å². The van der Waals surface area contributed by atoms with Crippen LogP contribution in [0.2, 0.25) is 0 Å². The Balaban J connectivity index is 1.52. The summed E-state index contributed by atoms with van der Waals surface area (Å²) in [6, 6.07) is 8.53. The maximum atomic E-state index is 13.2. The number of aromatic amines is 1. The predicted molar refractivity (Wildman–Crippen MR) is 136 cm³/mol. The van der Waals surface area contributed by atoms with Crippen molar-refractivity contribution in [2.24, 2.45) is 5.92 Å². The molecule has 1 saturated heterocycles. The minimum absolute atomic E-state index is 0.0104. The highest BCUT2D eigenvalue weighted by atomic mass is 16.5. The molecule has 2 aliphatic rings. The maximum Gasteiger partial charge on any atom is 0.252 e. The van der Waals surface area contributed by atoms with Crippen LogP contribution in [0, 0.1) is 12.8 Å². The maximum absolute atomic E-state index is 13.2. The van der Waals surface area contributed by atoms with Gasteiger partial charge in [0.25, 0.3) is 5.56 Å². The fraction of sp³-hybridized carbons (Fsp3) is 0.630. The topological polar surface area (TPSA) is 88.9 Å². The van der Waals surface area contributed by atoms with Gasteiger partial charge in [-0.25, -0.2) is 4.68 Å². The molecule has 3 heterocycles. The Morgan fingerprint density at radius 2 is 2.00 bits per heavy atom. The SMILES string of the molecule is Cc1cccc2cc(CN(C[C@@H]3CCCO3)[C@@H](c3nnnn3C3CCCCC3)C(C)C)c(=O)[nH]c12. The first-order valence-corrected chi connectivity index (χ1v) is 13.3. The Morgan fingerprint density at radius 1 is 1.17 bits per heavy atom. The third kappa shape index (κ3) is 5.19. The van der Waals surface area contributed by atoms with Crippen LogP contribution < -0.4 is 5.56 Å². The number of nitrogens with one attached hydrogen (secondary N) is 1. The Labute approximate surface area is 207 Å². The van der Waals surface area contributed by atoms with Gasteiger partial charge < -0.3 is 9.72 Å². The van der Waals surface area contributed by atoms with Gasteiger partial charge in [-0.15, -0.1) is 5.10 Å². The minimum atomic E-state index is -0.0291. The number of nitrogens with zero attached hydrogens (tertiary/aromatic N) is 5. The summed E-state index contributed by atoms with van der Waals surface area (Å²) < 4.78 is 8.13. The summed E-state index contributed by atoms with van der Waals surface area (Å²) in [5.41, 5.74) is 2.73. The molecule has 1 aliphatic heterocycles. The van der Waals surface area contributed by atoms with Crippen molar-refractivity contribution in [2.45, 2.75) is 90.4 Å². The van der Waals surface area contributed by atoms with E-state index < -0.39 is 0 Å². The second-order valence-corrected chi connectivity index (χ2v) is 10.7. The van der Waals surface area contributed by atoms with Crippen molar-refractivity contribution in [3.63, 3.8) is 0 Å². The third-order valence-corrected chi connectivity index (χ3v) is 7.73. The fourth-order valence-corrected chi connectivity index (χ4v) is 5.96. The van der Waals surface area contributed by atoms with Crippen LogP contribution in [0.1, 0.15) is 87.8 Å². The Morgan fingerprint density at radius 3 is 2.74 bits per heavy atom. The van der Waals surface area contributed by atoms with E-state index in [0.29, 0.717) is 12.6 Å².